The maximum Gasteiger partial charge on any atom is 0.573 e. The molecule has 1 aromatic carbocycles. The van der Waals surface area contributed by atoms with Gasteiger partial charge in [-0.15, -0.1) is 13.2 Å². The largest absolute Gasteiger partial charge is 0.573 e. The zero-order chi connectivity index (χ0) is 13.2. The van der Waals surface area contributed by atoms with Crippen LogP contribution < -0.4 is 4.74 Å². The fourth-order valence-electron chi connectivity index (χ4n) is 1.00. The maximum absolute atomic E-state index is 13.2. The van der Waals surface area contributed by atoms with Gasteiger partial charge in [0.1, 0.15) is 0 Å². The van der Waals surface area contributed by atoms with Crippen LogP contribution in [0.4, 0.5) is 22.0 Å². The fraction of sp³-hybridized carbons (Fsp3) is 0.222. The Balaban J connectivity index is 3.15. The first-order valence-corrected chi connectivity index (χ1v) is 4.08. The minimum Gasteiger partial charge on any atom is -0.465 e. The standard InChI is InChI=1S/C9H5F5O3/c1-16-8(15)4-2-3-5(7(11)6(4)10)17-9(12,13)14/h2-3H,1H3. The Labute approximate surface area is 91.7 Å². The zero-order valence-electron chi connectivity index (χ0n) is 8.27. The highest BCUT2D eigenvalue weighted by atomic mass is 19.4. The zero-order valence-corrected chi connectivity index (χ0v) is 8.27. The van der Waals surface area contributed by atoms with Crippen molar-refractivity contribution in [2.24, 2.45) is 0 Å². The summed E-state index contributed by atoms with van der Waals surface area (Å²) in [5, 5.41) is 0. The third-order valence-corrected chi connectivity index (χ3v) is 1.68. The first kappa shape index (κ1) is 13.2. The second-order valence-corrected chi connectivity index (χ2v) is 2.78. The molecular formula is C9H5F5O3. The summed E-state index contributed by atoms with van der Waals surface area (Å²) in [6.07, 6.45) is -5.15. The SMILES string of the molecule is COC(=O)c1ccc(OC(F)(F)F)c(F)c1F. The van der Waals surface area contributed by atoms with E-state index < -0.39 is 35.3 Å². The van der Waals surface area contributed by atoms with Crippen molar-refractivity contribution in [3.05, 3.63) is 29.3 Å². The molecule has 0 radical (unpaired) electrons. The van der Waals surface area contributed by atoms with Gasteiger partial charge in [-0.05, 0) is 12.1 Å². The van der Waals surface area contributed by atoms with Gasteiger partial charge >= 0.3 is 12.3 Å². The van der Waals surface area contributed by atoms with Crippen LogP contribution in [-0.4, -0.2) is 19.4 Å². The van der Waals surface area contributed by atoms with Crippen LogP contribution in [0, 0.1) is 11.6 Å². The fourth-order valence-corrected chi connectivity index (χ4v) is 1.00. The molecule has 0 amide bonds. The molecule has 0 fully saturated rings. The van der Waals surface area contributed by atoms with E-state index in [0.29, 0.717) is 12.1 Å². The Bertz CT molecular complexity index is 441. The van der Waals surface area contributed by atoms with Crippen molar-refractivity contribution in [2.75, 3.05) is 7.11 Å². The quantitative estimate of drug-likeness (QED) is 0.602. The molecule has 3 nitrogen and oxygen atoms in total. The Morgan fingerprint density at radius 3 is 2.24 bits per heavy atom. The number of ether oxygens (including phenoxy) is 2. The van der Waals surface area contributed by atoms with Crippen LogP contribution in [0.15, 0.2) is 12.1 Å². The maximum atomic E-state index is 13.2. The van der Waals surface area contributed by atoms with Crippen LogP contribution in [0.3, 0.4) is 0 Å². The molecule has 17 heavy (non-hydrogen) atoms. The highest BCUT2D eigenvalue weighted by molar-refractivity contribution is 5.89. The van der Waals surface area contributed by atoms with Gasteiger partial charge in [0.05, 0.1) is 12.7 Å². The molecule has 0 aliphatic heterocycles. The molecule has 0 heterocycles. The van der Waals surface area contributed by atoms with Gasteiger partial charge in [0.15, 0.2) is 11.6 Å². The summed E-state index contributed by atoms with van der Waals surface area (Å²) >= 11 is 0. The summed E-state index contributed by atoms with van der Waals surface area (Å²) in [4.78, 5) is 10.9. The summed E-state index contributed by atoms with van der Waals surface area (Å²) in [5.41, 5.74) is -0.820. The van der Waals surface area contributed by atoms with E-state index >= 15 is 0 Å². The van der Waals surface area contributed by atoms with Crippen LogP contribution >= 0.6 is 0 Å². The number of halogens is 5. The van der Waals surface area contributed by atoms with Crippen molar-refractivity contribution < 1.29 is 36.2 Å². The molecule has 0 aliphatic rings. The third kappa shape index (κ3) is 3.05. The first-order valence-electron chi connectivity index (χ1n) is 4.08. The van der Waals surface area contributed by atoms with E-state index in [1.165, 1.54) is 0 Å². The van der Waals surface area contributed by atoms with E-state index in [-0.39, 0.29) is 0 Å². The lowest BCUT2D eigenvalue weighted by molar-refractivity contribution is -0.275. The van der Waals surface area contributed by atoms with E-state index in [0.717, 1.165) is 7.11 Å². The van der Waals surface area contributed by atoms with Crippen molar-refractivity contribution in [2.45, 2.75) is 6.36 Å². The van der Waals surface area contributed by atoms with E-state index in [9.17, 15) is 26.7 Å². The molecule has 0 bridgehead atoms. The van der Waals surface area contributed by atoms with Crippen molar-refractivity contribution in [1.82, 2.24) is 0 Å². The number of esters is 1. The lowest BCUT2D eigenvalue weighted by Gasteiger charge is -2.10. The lowest BCUT2D eigenvalue weighted by atomic mass is 10.2. The van der Waals surface area contributed by atoms with Crippen LogP contribution in [0.5, 0.6) is 5.75 Å². The summed E-state index contributed by atoms with van der Waals surface area (Å²) in [7, 11) is 0.916. The third-order valence-electron chi connectivity index (χ3n) is 1.68. The molecule has 0 aromatic heterocycles. The van der Waals surface area contributed by atoms with Gasteiger partial charge in [0.2, 0.25) is 5.82 Å². The highest BCUT2D eigenvalue weighted by Gasteiger charge is 2.33. The molecule has 1 aromatic rings. The van der Waals surface area contributed by atoms with Crippen molar-refractivity contribution >= 4 is 5.97 Å². The van der Waals surface area contributed by atoms with Crippen molar-refractivity contribution in [3.63, 3.8) is 0 Å². The van der Waals surface area contributed by atoms with Crippen molar-refractivity contribution in [1.29, 1.82) is 0 Å². The van der Waals surface area contributed by atoms with E-state index in [1.54, 1.807) is 0 Å². The summed E-state index contributed by atoms with van der Waals surface area (Å²) in [6.45, 7) is 0. The smallest absolute Gasteiger partial charge is 0.465 e. The van der Waals surface area contributed by atoms with Gasteiger partial charge in [0.25, 0.3) is 0 Å². The van der Waals surface area contributed by atoms with Crippen molar-refractivity contribution in [3.8, 4) is 5.75 Å². The van der Waals surface area contributed by atoms with Gasteiger partial charge < -0.3 is 9.47 Å². The van der Waals surface area contributed by atoms with Gasteiger partial charge in [-0.2, -0.15) is 4.39 Å². The Hall–Kier alpha value is -1.86. The number of methoxy groups -OCH3 is 1. The molecule has 8 heteroatoms. The summed E-state index contributed by atoms with van der Waals surface area (Å²) in [6, 6.07) is 1.11. The molecule has 0 saturated carbocycles. The Morgan fingerprint density at radius 1 is 1.18 bits per heavy atom. The number of carbonyl (C=O) groups excluding carboxylic acids is 1. The predicted octanol–water partition coefficient (Wildman–Crippen LogP) is 2.65. The summed E-state index contributed by atoms with van der Waals surface area (Å²) in [5.74, 6) is -6.24. The average molecular weight is 256 g/mol. The molecular weight excluding hydrogens is 251 g/mol. The highest BCUT2D eigenvalue weighted by Crippen LogP contribution is 2.28. The lowest BCUT2D eigenvalue weighted by Crippen LogP contribution is -2.19. The molecule has 94 valence electrons. The number of rotatable bonds is 2. The van der Waals surface area contributed by atoms with Gasteiger partial charge in [-0.25, -0.2) is 9.18 Å². The normalized spacial score (nSPS) is 11.2. The first-order chi connectivity index (χ1) is 7.76. The van der Waals surface area contributed by atoms with E-state index in [2.05, 4.69) is 9.47 Å². The second kappa shape index (κ2) is 4.56. The predicted molar refractivity (Wildman–Crippen MR) is 44.4 cm³/mol. The molecule has 0 N–H and O–H groups in total. The molecule has 0 spiro atoms. The van der Waals surface area contributed by atoms with Gasteiger partial charge in [0, 0.05) is 0 Å². The Morgan fingerprint density at radius 2 is 1.76 bits per heavy atom. The van der Waals surface area contributed by atoms with E-state index in [1.807, 2.05) is 0 Å². The topological polar surface area (TPSA) is 35.5 Å². The van der Waals surface area contributed by atoms with Gasteiger partial charge in [-0.1, -0.05) is 0 Å². The van der Waals surface area contributed by atoms with Crippen LogP contribution in [0.2, 0.25) is 0 Å². The molecule has 0 saturated heterocycles. The van der Waals surface area contributed by atoms with Crippen LogP contribution in [0.25, 0.3) is 0 Å². The Kier molecular flexibility index (Phi) is 3.54. The monoisotopic (exact) mass is 256 g/mol. The average Bonchev–Trinajstić information content (AvgIpc) is 2.22. The summed E-state index contributed by atoms with van der Waals surface area (Å²) < 4.78 is 68.9. The number of benzene rings is 1. The minimum atomic E-state index is -5.15. The van der Waals surface area contributed by atoms with E-state index in [4.69, 9.17) is 0 Å². The molecule has 0 atom stereocenters. The van der Waals surface area contributed by atoms with Crippen LogP contribution in [0.1, 0.15) is 10.4 Å². The molecule has 0 unspecified atom stereocenters. The number of hydrogen-bond donors (Lipinski definition) is 0. The molecule has 0 aliphatic carbocycles. The second-order valence-electron chi connectivity index (χ2n) is 2.78. The van der Waals surface area contributed by atoms with Crippen LogP contribution in [-0.2, 0) is 4.74 Å². The number of hydrogen-bond acceptors (Lipinski definition) is 3. The van der Waals surface area contributed by atoms with Gasteiger partial charge in [-0.3, -0.25) is 0 Å². The molecule has 1 rings (SSSR count). The minimum absolute atomic E-state index is 0.484. The number of alkyl halides is 3. The number of carbonyl (C=O) groups is 1.